The monoisotopic (exact) mass is 627 g/mol. The van der Waals surface area contributed by atoms with Gasteiger partial charge < -0.3 is 34.4 Å². The number of carboxylic acids is 1. The fourth-order valence-electron chi connectivity index (χ4n) is 5.35. The second kappa shape index (κ2) is 14.9. The first kappa shape index (κ1) is 33.3. The zero-order valence-electron chi connectivity index (χ0n) is 26.0. The molecule has 1 atom stereocenters. The molecule has 14 heteroatoms. The van der Waals surface area contributed by atoms with Gasteiger partial charge in [0, 0.05) is 38.7 Å². The van der Waals surface area contributed by atoms with Crippen LogP contribution in [0, 0.1) is 0 Å². The standard InChI is InChI=1S/C31H41N5O9/c1-4-21-10-7-8-11-24(21)36-25(45-31(14-9-15-31)29(41)43-5-2)20-23(33-36)27(39)32-22(12-13-26(37)38)28(40)34-16-18-35(19-17-34)30(42)44-6-3/h7-8,10-11,20,22H,4-6,9,12-19H2,1-3H3,(H,32,39)(H,37,38). The minimum Gasteiger partial charge on any atom is -0.481 e. The molecule has 45 heavy (non-hydrogen) atoms. The number of esters is 1. The van der Waals surface area contributed by atoms with Gasteiger partial charge in [0.2, 0.25) is 17.4 Å². The third-order valence-electron chi connectivity index (χ3n) is 7.99. The number of carbonyl (C=O) groups excluding carboxylic acids is 4. The van der Waals surface area contributed by atoms with E-state index >= 15 is 0 Å². The highest BCUT2D eigenvalue weighted by Crippen LogP contribution is 2.39. The summed E-state index contributed by atoms with van der Waals surface area (Å²) in [7, 11) is 0. The Hall–Kier alpha value is -4.62. The van der Waals surface area contributed by atoms with E-state index in [0.717, 1.165) is 12.0 Å². The molecule has 14 nitrogen and oxygen atoms in total. The number of amides is 3. The fourth-order valence-corrected chi connectivity index (χ4v) is 5.35. The molecule has 0 bridgehead atoms. The first-order valence-corrected chi connectivity index (χ1v) is 15.4. The second-order valence-electron chi connectivity index (χ2n) is 10.9. The van der Waals surface area contributed by atoms with Crippen molar-refractivity contribution >= 4 is 29.8 Å². The number of nitrogens with one attached hydrogen (secondary N) is 1. The van der Waals surface area contributed by atoms with Gasteiger partial charge in [-0.05, 0) is 57.6 Å². The van der Waals surface area contributed by atoms with Crippen LogP contribution in [0.4, 0.5) is 4.79 Å². The molecule has 3 amide bonds. The number of benzene rings is 1. The van der Waals surface area contributed by atoms with Crippen LogP contribution in [0.25, 0.3) is 5.69 Å². The Morgan fingerprint density at radius 1 is 0.978 bits per heavy atom. The van der Waals surface area contributed by atoms with Gasteiger partial charge in [-0.1, -0.05) is 25.1 Å². The van der Waals surface area contributed by atoms with Crippen molar-refractivity contribution < 1.29 is 43.3 Å². The zero-order valence-corrected chi connectivity index (χ0v) is 26.0. The van der Waals surface area contributed by atoms with Crippen LogP contribution in [0.5, 0.6) is 5.88 Å². The van der Waals surface area contributed by atoms with Gasteiger partial charge in [-0.25, -0.2) is 9.59 Å². The topological polar surface area (TPSA) is 170 Å². The molecule has 1 saturated carbocycles. The van der Waals surface area contributed by atoms with Crippen molar-refractivity contribution in [2.24, 2.45) is 0 Å². The number of hydrogen-bond donors (Lipinski definition) is 2. The predicted octanol–water partition coefficient (Wildman–Crippen LogP) is 2.56. The van der Waals surface area contributed by atoms with Crippen LogP contribution in [-0.2, 0) is 30.3 Å². The van der Waals surface area contributed by atoms with Crippen molar-refractivity contribution in [3.63, 3.8) is 0 Å². The summed E-state index contributed by atoms with van der Waals surface area (Å²) in [6.45, 7) is 6.73. The molecule has 1 aromatic heterocycles. The Labute approximate surface area is 261 Å². The van der Waals surface area contributed by atoms with E-state index in [4.69, 9.17) is 14.2 Å². The summed E-state index contributed by atoms with van der Waals surface area (Å²) in [5, 5.41) is 16.5. The maximum Gasteiger partial charge on any atom is 0.409 e. The number of aromatic nitrogens is 2. The van der Waals surface area contributed by atoms with Gasteiger partial charge in [0.15, 0.2) is 5.69 Å². The Morgan fingerprint density at radius 3 is 2.24 bits per heavy atom. The number of carbonyl (C=O) groups is 5. The van der Waals surface area contributed by atoms with E-state index in [0.29, 0.717) is 24.9 Å². The predicted molar refractivity (Wildman–Crippen MR) is 160 cm³/mol. The molecule has 0 spiro atoms. The highest BCUT2D eigenvalue weighted by molar-refractivity contribution is 5.96. The number of para-hydroxylation sites is 1. The molecule has 1 aliphatic heterocycles. The van der Waals surface area contributed by atoms with Crippen LogP contribution in [0.15, 0.2) is 30.3 Å². The van der Waals surface area contributed by atoms with E-state index in [1.807, 2.05) is 31.2 Å². The van der Waals surface area contributed by atoms with E-state index < -0.39 is 41.5 Å². The number of rotatable bonds is 13. The first-order chi connectivity index (χ1) is 21.6. The van der Waals surface area contributed by atoms with Crippen LogP contribution < -0.4 is 10.1 Å². The van der Waals surface area contributed by atoms with Crippen LogP contribution in [0.1, 0.15) is 68.9 Å². The highest BCUT2D eigenvalue weighted by atomic mass is 16.6. The van der Waals surface area contributed by atoms with E-state index in [1.54, 1.807) is 13.8 Å². The van der Waals surface area contributed by atoms with Crippen LogP contribution in [0.3, 0.4) is 0 Å². The van der Waals surface area contributed by atoms with Crippen LogP contribution in [0.2, 0.25) is 0 Å². The summed E-state index contributed by atoms with van der Waals surface area (Å²) < 4.78 is 18.1. The van der Waals surface area contributed by atoms with Crippen LogP contribution in [-0.4, -0.2) is 106 Å². The number of piperazine rings is 1. The smallest absolute Gasteiger partial charge is 0.409 e. The minimum atomic E-state index is -1.20. The Morgan fingerprint density at radius 2 is 1.64 bits per heavy atom. The third kappa shape index (κ3) is 7.73. The molecule has 1 aliphatic carbocycles. The van der Waals surface area contributed by atoms with Crippen molar-refractivity contribution in [3.8, 4) is 11.6 Å². The number of nitrogens with zero attached hydrogens (tertiary/aromatic N) is 4. The quantitative estimate of drug-likeness (QED) is 0.315. The van der Waals surface area contributed by atoms with Crippen molar-refractivity contribution in [2.75, 3.05) is 39.4 Å². The van der Waals surface area contributed by atoms with E-state index in [-0.39, 0.29) is 63.8 Å². The van der Waals surface area contributed by atoms with Gasteiger partial charge in [0.25, 0.3) is 5.91 Å². The van der Waals surface area contributed by atoms with E-state index in [2.05, 4.69) is 10.4 Å². The summed E-state index contributed by atoms with van der Waals surface area (Å²) in [6.07, 6.45) is 1.36. The summed E-state index contributed by atoms with van der Waals surface area (Å²) in [6, 6.07) is 7.72. The third-order valence-corrected chi connectivity index (χ3v) is 7.99. The van der Waals surface area contributed by atoms with E-state index in [1.165, 1.54) is 20.5 Å². The van der Waals surface area contributed by atoms with Crippen molar-refractivity contribution in [2.45, 2.75) is 70.9 Å². The lowest BCUT2D eigenvalue weighted by molar-refractivity contribution is -0.170. The lowest BCUT2D eigenvalue weighted by Gasteiger charge is -2.38. The molecule has 2 N–H and O–H groups in total. The normalized spacial score (nSPS) is 16.2. The number of carboxylic acid groups (broad SMARTS) is 1. The summed E-state index contributed by atoms with van der Waals surface area (Å²) >= 11 is 0. The molecule has 1 unspecified atom stereocenters. The number of aryl methyl sites for hydroxylation is 1. The maximum atomic E-state index is 13.6. The second-order valence-corrected chi connectivity index (χ2v) is 10.9. The number of hydrogen-bond acceptors (Lipinski definition) is 9. The van der Waals surface area contributed by atoms with Gasteiger partial charge in [0.1, 0.15) is 6.04 Å². The molecule has 2 heterocycles. The van der Waals surface area contributed by atoms with Gasteiger partial charge in [-0.2, -0.15) is 9.78 Å². The number of aliphatic carboxylic acids is 1. The van der Waals surface area contributed by atoms with Crippen LogP contribution >= 0.6 is 0 Å². The SMILES string of the molecule is CCOC(=O)N1CCN(C(=O)C(CCC(=O)O)NC(=O)c2cc(OC3(C(=O)OCC)CCC3)n(-c3ccccc3CC)n2)CC1. The maximum absolute atomic E-state index is 13.6. The van der Waals surface area contributed by atoms with Crippen molar-refractivity contribution in [1.29, 1.82) is 0 Å². The fraction of sp³-hybridized carbons (Fsp3) is 0.548. The summed E-state index contributed by atoms with van der Waals surface area (Å²) in [5.41, 5.74) is 0.307. The van der Waals surface area contributed by atoms with Crippen molar-refractivity contribution in [3.05, 3.63) is 41.6 Å². The molecular formula is C31H41N5O9. The van der Waals surface area contributed by atoms with Gasteiger partial charge >= 0.3 is 18.0 Å². The van der Waals surface area contributed by atoms with Crippen molar-refractivity contribution in [1.82, 2.24) is 24.9 Å². The van der Waals surface area contributed by atoms with Gasteiger partial charge in [0.05, 0.1) is 18.9 Å². The zero-order chi connectivity index (χ0) is 32.6. The minimum absolute atomic E-state index is 0.0745. The van der Waals surface area contributed by atoms with Gasteiger partial charge in [-0.15, -0.1) is 0 Å². The highest BCUT2D eigenvalue weighted by Gasteiger charge is 2.49. The largest absolute Gasteiger partial charge is 0.481 e. The molecule has 1 saturated heterocycles. The lowest BCUT2D eigenvalue weighted by atomic mass is 9.80. The molecule has 244 valence electrons. The average molecular weight is 628 g/mol. The molecule has 2 aliphatic rings. The average Bonchev–Trinajstić information content (AvgIpc) is 3.44. The molecule has 2 aromatic rings. The molecule has 1 aromatic carbocycles. The summed E-state index contributed by atoms with van der Waals surface area (Å²) in [4.78, 5) is 66.5. The lowest BCUT2D eigenvalue weighted by Crippen LogP contribution is -2.56. The van der Waals surface area contributed by atoms with Gasteiger partial charge in [-0.3, -0.25) is 14.4 Å². The molecule has 4 rings (SSSR count). The molecule has 0 radical (unpaired) electrons. The Balaban J connectivity index is 1.59. The molecule has 2 fully saturated rings. The Bertz CT molecular complexity index is 1400. The van der Waals surface area contributed by atoms with E-state index in [9.17, 15) is 29.1 Å². The first-order valence-electron chi connectivity index (χ1n) is 15.4. The Kier molecular flexibility index (Phi) is 11.0. The summed E-state index contributed by atoms with van der Waals surface area (Å²) in [5.74, 6) is -2.61. The number of ether oxygens (including phenoxy) is 3. The molecular weight excluding hydrogens is 586 g/mol.